The summed E-state index contributed by atoms with van der Waals surface area (Å²) in [5.74, 6) is 0.368. The fourth-order valence-electron chi connectivity index (χ4n) is 2.28. The van der Waals surface area contributed by atoms with Crippen LogP contribution in [0.5, 0.6) is 5.75 Å². The van der Waals surface area contributed by atoms with Crippen LogP contribution in [0.4, 0.5) is 14.9 Å². The number of carbonyl (C=O) groups is 1. The highest BCUT2D eigenvalue weighted by Crippen LogP contribution is 2.19. The number of rotatable bonds is 6. The first kappa shape index (κ1) is 18.7. The average molecular weight is 346 g/mol. The minimum atomic E-state index is -0.840. The van der Waals surface area contributed by atoms with Crippen molar-refractivity contribution < 1.29 is 19.0 Å². The van der Waals surface area contributed by atoms with Crippen molar-refractivity contribution in [2.24, 2.45) is 0 Å². The molecule has 1 unspecified atom stereocenters. The largest absolute Gasteiger partial charge is 0.491 e. The maximum absolute atomic E-state index is 13.1. The summed E-state index contributed by atoms with van der Waals surface area (Å²) in [6.07, 6.45) is -0.760. The van der Waals surface area contributed by atoms with Gasteiger partial charge in [-0.1, -0.05) is 12.1 Å². The topological polar surface area (TPSA) is 70.6 Å². The molecule has 3 N–H and O–H groups in total. The molecule has 5 nitrogen and oxygen atoms in total. The molecule has 0 radical (unpaired) electrons. The fraction of sp³-hybridized carbons (Fsp3) is 0.316. The molecular formula is C19H23FN2O3. The first-order valence-electron chi connectivity index (χ1n) is 8.11. The van der Waals surface area contributed by atoms with Gasteiger partial charge >= 0.3 is 6.03 Å². The van der Waals surface area contributed by atoms with E-state index < -0.39 is 12.1 Å². The first-order chi connectivity index (χ1) is 11.8. The van der Waals surface area contributed by atoms with E-state index in [1.165, 1.54) is 18.2 Å². The first-order valence-corrected chi connectivity index (χ1v) is 8.11. The minimum absolute atomic E-state index is 0.0520. The summed E-state index contributed by atoms with van der Waals surface area (Å²) in [5.41, 5.74) is 1.81. The second-order valence-corrected chi connectivity index (χ2v) is 6.05. The van der Waals surface area contributed by atoms with Gasteiger partial charge in [0.15, 0.2) is 0 Å². The van der Waals surface area contributed by atoms with Gasteiger partial charge in [-0.3, -0.25) is 0 Å². The van der Waals surface area contributed by atoms with Crippen molar-refractivity contribution in [1.82, 2.24) is 5.32 Å². The Hall–Kier alpha value is -2.60. The molecule has 0 aliphatic rings. The van der Waals surface area contributed by atoms with E-state index >= 15 is 0 Å². The van der Waals surface area contributed by atoms with E-state index in [0.29, 0.717) is 16.8 Å². The number of urea groups is 1. The number of halogens is 1. The van der Waals surface area contributed by atoms with Gasteiger partial charge in [-0.2, -0.15) is 0 Å². The highest BCUT2D eigenvalue weighted by atomic mass is 19.1. The number of aliphatic hydroxyl groups is 1. The number of anilines is 1. The Morgan fingerprint density at radius 2 is 1.88 bits per heavy atom. The lowest BCUT2D eigenvalue weighted by molar-refractivity contribution is 0.175. The molecule has 25 heavy (non-hydrogen) atoms. The van der Waals surface area contributed by atoms with Crippen LogP contribution in [-0.4, -0.2) is 23.8 Å². The normalized spacial score (nSPS) is 11.9. The molecule has 0 saturated heterocycles. The van der Waals surface area contributed by atoms with Gasteiger partial charge in [0, 0.05) is 12.2 Å². The Balaban J connectivity index is 1.86. The molecule has 0 bridgehead atoms. The van der Waals surface area contributed by atoms with E-state index in [4.69, 9.17) is 4.74 Å². The van der Waals surface area contributed by atoms with Crippen LogP contribution >= 0.6 is 0 Å². The number of aryl methyl sites for hydroxylation is 1. The van der Waals surface area contributed by atoms with Gasteiger partial charge in [-0.05, 0) is 62.2 Å². The predicted octanol–water partition coefficient (Wildman–Crippen LogP) is 3.78. The number of ether oxygens (including phenoxy) is 1. The quantitative estimate of drug-likeness (QED) is 0.745. The molecule has 0 heterocycles. The molecule has 2 amide bonds. The van der Waals surface area contributed by atoms with Gasteiger partial charge in [-0.25, -0.2) is 9.18 Å². The van der Waals surface area contributed by atoms with Crippen LogP contribution in [0.3, 0.4) is 0 Å². The molecule has 2 aromatic carbocycles. The van der Waals surface area contributed by atoms with Crippen molar-refractivity contribution in [3.05, 3.63) is 59.4 Å². The van der Waals surface area contributed by atoms with E-state index in [1.54, 1.807) is 31.2 Å². The van der Waals surface area contributed by atoms with Gasteiger partial charge in [0.2, 0.25) is 0 Å². The van der Waals surface area contributed by atoms with Crippen LogP contribution in [0.25, 0.3) is 0 Å². The van der Waals surface area contributed by atoms with E-state index in [-0.39, 0.29) is 18.5 Å². The minimum Gasteiger partial charge on any atom is -0.491 e. The van der Waals surface area contributed by atoms with Crippen molar-refractivity contribution in [1.29, 1.82) is 0 Å². The summed E-state index contributed by atoms with van der Waals surface area (Å²) in [7, 11) is 0. The molecule has 0 aliphatic heterocycles. The van der Waals surface area contributed by atoms with E-state index in [0.717, 1.165) is 5.75 Å². The summed E-state index contributed by atoms with van der Waals surface area (Å²) >= 11 is 0. The summed E-state index contributed by atoms with van der Waals surface area (Å²) in [4.78, 5) is 11.9. The fourth-order valence-corrected chi connectivity index (χ4v) is 2.28. The highest BCUT2D eigenvalue weighted by Gasteiger charge is 2.11. The highest BCUT2D eigenvalue weighted by molar-refractivity contribution is 5.90. The maximum Gasteiger partial charge on any atom is 0.319 e. The molecule has 0 aromatic heterocycles. The monoisotopic (exact) mass is 346 g/mol. The summed E-state index contributed by atoms with van der Waals surface area (Å²) in [6, 6.07) is 10.7. The summed E-state index contributed by atoms with van der Waals surface area (Å²) in [5, 5.41) is 15.4. The average Bonchev–Trinajstić information content (AvgIpc) is 2.55. The van der Waals surface area contributed by atoms with Crippen LogP contribution in [0.2, 0.25) is 0 Å². The zero-order chi connectivity index (χ0) is 18.4. The third kappa shape index (κ3) is 5.76. The van der Waals surface area contributed by atoms with E-state index in [9.17, 15) is 14.3 Å². The second-order valence-electron chi connectivity index (χ2n) is 6.05. The van der Waals surface area contributed by atoms with Crippen LogP contribution in [-0.2, 0) is 0 Å². The number of hydrogen-bond donors (Lipinski definition) is 3. The van der Waals surface area contributed by atoms with Crippen LogP contribution < -0.4 is 15.4 Å². The van der Waals surface area contributed by atoms with Crippen molar-refractivity contribution in [3.8, 4) is 5.75 Å². The van der Waals surface area contributed by atoms with Gasteiger partial charge in [-0.15, -0.1) is 0 Å². The zero-order valence-electron chi connectivity index (χ0n) is 14.5. The molecule has 0 aliphatic carbocycles. The molecule has 2 aromatic rings. The molecule has 0 saturated carbocycles. The number of aliphatic hydroxyl groups excluding tert-OH is 1. The predicted molar refractivity (Wildman–Crippen MR) is 95.3 cm³/mol. The Labute approximate surface area is 146 Å². The van der Waals surface area contributed by atoms with Crippen LogP contribution in [0, 0.1) is 12.7 Å². The summed E-state index contributed by atoms with van der Waals surface area (Å²) in [6.45, 7) is 5.63. The van der Waals surface area contributed by atoms with E-state index in [1.807, 2.05) is 13.8 Å². The molecular weight excluding hydrogens is 323 g/mol. The Morgan fingerprint density at radius 3 is 2.48 bits per heavy atom. The Morgan fingerprint density at radius 1 is 1.20 bits per heavy atom. The number of carbonyl (C=O) groups excluding carboxylic acids is 1. The molecule has 134 valence electrons. The number of hydrogen-bond acceptors (Lipinski definition) is 3. The SMILES string of the molecule is Cc1cc(F)ccc1NC(=O)NCC(O)c1ccc(OC(C)C)cc1. The maximum atomic E-state index is 13.1. The van der Waals surface area contributed by atoms with Crippen LogP contribution in [0.15, 0.2) is 42.5 Å². The standard InChI is InChI=1S/C19H23FN2O3/c1-12(2)25-16-7-4-14(5-8-16)18(23)11-21-19(24)22-17-9-6-15(20)10-13(17)3/h4-10,12,18,23H,11H2,1-3H3,(H2,21,22,24). The smallest absolute Gasteiger partial charge is 0.319 e. The lowest BCUT2D eigenvalue weighted by Crippen LogP contribution is -2.32. The van der Waals surface area contributed by atoms with Crippen molar-refractivity contribution in [3.63, 3.8) is 0 Å². The lowest BCUT2D eigenvalue weighted by atomic mass is 10.1. The van der Waals surface area contributed by atoms with Crippen molar-refractivity contribution in [2.75, 3.05) is 11.9 Å². The Bertz CT molecular complexity index is 717. The third-order valence-corrected chi connectivity index (χ3v) is 3.53. The Kier molecular flexibility index (Phi) is 6.36. The summed E-state index contributed by atoms with van der Waals surface area (Å²) < 4.78 is 18.6. The molecule has 1 atom stereocenters. The van der Waals surface area contributed by atoms with Crippen LogP contribution in [0.1, 0.15) is 31.1 Å². The number of amides is 2. The molecule has 0 fully saturated rings. The zero-order valence-corrected chi connectivity index (χ0v) is 14.5. The molecule has 6 heteroatoms. The third-order valence-electron chi connectivity index (χ3n) is 3.53. The van der Waals surface area contributed by atoms with Gasteiger partial charge in [0.25, 0.3) is 0 Å². The number of nitrogens with one attached hydrogen (secondary N) is 2. The number of benzene rings is 2. The molecule has 0 spiro atoms. The van der Waals surface area contributed by atoms with Gasteiger partial charge in [0.05, 0.1) is 12.2 Å². The van der Waals surface area contributed by atoms with E-state index in [2.05, 4.69) is 10.6 Å². The molecule has 2 rings (SSSR count). The van der Waals surface area contributed by atoms with Gasteiger partial charge in [0.1, 0.15) is 11.6 Å². The van der Waals surface area contributed by atoms with Crippen molar-refractivity contribution in [2.45, 2.75) is 33.0 Å². The van der Waals surface area contributed by atoms with Gasteiger partial charge < -0.3 is 20.5 Å². The lowest BCUT2D eigenvalue weighted by Gasteiger charge is -2.15. The van der Waals surface area contributed by atoms with Crippen molar-refractivity contribution >= 4 is 11.7 Å². The second kappa shape index (κ2) is 8.48.